The van der Waals surface area contributed by atoms with Gasteiger partial charge in [-0.3, -0.25) is 0 Å². The van der Waals surface area contributed by atoms with Crippen molar-refractivity contribution in [3.8, 4) is 0 Å². The zero-order chi connectivity index (χ0) is 11.7. The molecule has 1 heteroatoms. The fourth-order valence-electron chi connectivity index (χ4n) is 3.30. The molecule has 0 spiro atoms. The van der Waals surface area contributed by atoms with Crippen molar-refractivity contribution in [1.82, 2.24) is 0 Å². The first-order valence-corrected chi connectivity index (χ1v) is 5.92. The molecule has 4 bridgehead atoms. The lowest BCUT2D eigenvalue weighted by atomic mass is 9.56. The van der Waals surface area contributed by atoms with Crippen LogP contribution in [0.25, 0.3) is 5.57 Å². The van der Waals surface area contributed by atoms with E-state index in [0.717, 1.165) is 12.0 Å². The van der Waals surface area contributed by atoms with E-state index in [-0.39, 0.29) is 5.41 Å². The Balaban J connectivity index is 2.43. The highest BCUT2D eigenvalue weighted by molar-refractivity contribution is 5.76. The second-order valence-electron chi connectivity index (χ2n) is 5.79. The maximum absolute atomic E-state index is 11.0. The quantitative estimate of drug-likeness (QED) is 0.702. The van der Waals surface area contributed by atoms with Crippen LogP contribution in [0.2, 0.25) is 0 Å². The van der Waals surface area contributed by atoms with Gasteiger partial charge in [-0.15, -0.1) is 0 Å². The van der Waals surface area contributed by atoms with Crippen LogP contribution in [0, 0.1) is 5.41 Å². The summed E-state index contributed by atoms with van der Waals surface area (Å²) < 4.78 is 0. The van der Waals surface area contributed by atoms with E-state index in [4.69, 9.17) is 0 Å². The topological polar surface area (TPSA) is 20.2 Å². The van der Waals surface area contributed by atoms with Crippen LogP contribution in [0.15, 0.2) is 23.8 Å². The third-order valence-corrected chi connectivity index (χ3v) is 4.93. The Morgan fingerprint density at radius 3 is 2.50 bits per heavy atom. The summed E-state index contributed by atoms with van der Waals surface area (Å²) in [5.41, 5.74) is 5.43. The third-order valence-electron chi connectivity index (χ3n) is 4.93. The normalized spacial score (nSPS) is 29.8. The van der Waals surface area contributed by atoms with E-state index in [0.29, 0.717) is 0 Å². The average molecular weight is 214 g/mol. The third kappa shape index (κ3) is 0.871. The highest BCUT2D eigenvalue weighted by atomic mass is 16.3. The number of benzene rings is 1. The van der Waals surface area contributed by atoms with Gasteiger partial charge >= 0.3 is 0 Å². The molecule has 0 aliphatic heterocycles. The molecule has 3 aliphatic rings. The van der Waals surface area contributed by atoms with Crippen molar-refractivity contribution in [3.05, 3.63) is 40.5 Å². The zero-order valence-electron chi connectivity index (χ0n) is 10.4. The van der Waals surface area contributed by atoms with Crippen LogP contribution in [-0.4, -0.2) is 5.11 Å². The first-order valence-electron chi connectivity index (χ1n) is 5.92. The van der Waals surface area contributed by atoms with E-state index in [2.05, 4.69) is 45.9 Å². The van der Waals surface area contributed by atoms with Crippen molar-refractivity contribution in [1.29, 1.82) is 0 Å². The Hall–Kier alpha value is -1.08. The van der Waals surface area contributed by atoms with E-state index < -0.39 is 5.60 Å². The molecule has 1 aromatic carbocycles. The Bertz CT molecular complexity index is 522. The van der Waals surface area contributed by atoms with Gasteiger partial charge in [0.05, 0.1) is 0 Å². The lowest BCUT2D eigenvalue weighted by Gasteiger charge is -2.51. The second kappa shape index (κ2) is 2.60. The molecule has 1 unspecified atom stereocenters. The van der Waals surface area contributed by atoms with E-state index >= 15 is 0 Å². The molecule has 0 fully saturated rings. The predicted octanol–water partition coefficient (Wildman–Crippen LogP) is 3.26. The van der Waals surface area contributed by atoms with Crippen LogP contribution >= 0.6 is 0 Å². The van der Waals surface area contributed by atoms with Crippen LogP contribution in [-0.2, 0) is 12.0 Å². The molecule has 1 N–H and O–H groups in total. The Kier molecular flexibility index (Phi) is 1.64. The molecule has 0 saturated carbocycles. The van der Waals surface area contributed by atoms with Gasteiger partial charge in [-0.05, 0) is 36.1 Å². The largest absolute Gasteiger partial charge is 0.384 e. The summed E-state index contributed by atoms with van der Waals surface area (Å²) in [6.07, 6.45) is 0.764. The van der Waals surface area contributed by atoms with Gasteiger partial charge in [0.1, 0.15) is 5.60 Å². The summed E-state index contributed by atoms with van der Waals surface area (Å²) in [5.74, 6) is 0. The van der Waals surface area contributed by atoms with Gasteiger partial charge in [0.2, 0.25) is 0 Å². The van der Waals surface area contributed by atoms with Crippen molar-refractivity contribution >= 4 is 5.57 Å². The highest BCUT2D eigenvalue weighted by Gasteiger charge is 2.52. The average Bonchev–Trinajstić information content (AvgIpc) is 2.25. The van der Waals surface area contributed by atoms with Gasteiger partial charge in [-0.25, -0.2) is 0 Å². The Morgan fingerprint density at radius 1 is 1.19 bits per heavy atom. The Labute approximate surface area is 96.8 Å². The number of aliphatic hydroxyl groups is 1. The standard InChI is InChI=1S/C15H18O/c1-9-10(2)14(3,4)15(16)8-11-5-6-13(15)12(9)7-11/h5-7,16H,8H2,1-4H3. The summed E-state index contributed by atoms with van der Waals surface area (Å²) in [6.45, 7) is 8.64. The molecule has 1 aromatic rings. The van der Waals surface area contributed by atoms with Crippen LogP contribution in [0.5, 0.6) is 0 Å². The minimum Gasteiger partial charge on any atom is -0.384 e. The fraction of sp³-hybridized carbons (Fsp3) is 0.467. The maximum Gasteiger partial charge on any atom is 0.103 e. The second-order valence-corrected chi connectivity index (χ2v) is 5.79. The van der Waals surface area contributed by atoms with Crippen molar-refractivity contribution < 1.29 is 5.11 Å². The maximum atomic E-state index is 11.0. The molecular weight excluding hydrogens is 196 g/mol. The lowest BCUT2D eigenvalue weighted by molar-refractivity contribution is -0.0592. The van der Waals surface area contributed by atoms with Crippen LogP contribution in [0.3, 0.4) is 0 Å². The molecular formula is C15H18O. The highest BCUT2D eigenvalue weighted by Crippen LogP contribution is 2.56. The van der Waals surface area contributed by atoms with Gasteiger partial charge in [0, 0.05) is 11.8 Å². The molecule has 0 aromatic heterocycles. The van der Waals surface area contributed by atoms with Crippen molar-refractivity contribution in [2.24, 2.45) is 5.41 Å². The first-order chi connectivity index (χ1) is 7.38. The summed E-state index contributed by atoms with van der Waals surface area (Å²) in [7, 11) is 0. The number of fused-ring (bicyclic) bond motifs is 1. The van der Waals surface area contributed by atoms with E-state index in [1.54, 1.807) is 0 Å². The summed E-state index contributed by atoms with van der Waals surface area (Å²) in [6, 6.07) is 6.47. The van der Waals surface area contributed by atoms with E-state index in [9.17, 15) is 5.11 Å². The summed E-state index contributed by atoms with van der Waals surface area (Å²) >= 11 is 0. The van der Waals surface area contributed by atoms with Crippen molar-refractivity contribution in [3.63, 3.8) is 0 Å². The minimum absolute atomic E-state index is 0.166. The molecule has 16 heavy (non-hydrogen) atoms. The van der Waals surface area contributed by atoms with E-state index in [1.807, 2.05) is 0 Å². The lowest BCUT2D eigenvalue weighted by Crippen LogP contribution is -2.49. The number of hydrogen-bond donors (Lipinski definition) is 1. The van der Waals surface area contributed by atoms with Gasteiger partial charge in [0.15, 0.2) is 0 Å². The van der Waals surface area contributed by atoms with Gasteiger partial charge < -0.3 is 5.11 Å². The first kappa shape index (κ1) is 10.1. The number of rotatable bonds is 0. The molecule has 3 aliphatic carbocycles. The monoisotopic (exact) mass is 214 g/mol. The molecule has 1 nitrogen and oxygen atoms in total. The molecule has 84 valence electrons. The minimum atomic E-state index is -0.690. The zero-order valence-corrected chi connectivity index (χ0v) is 10.4. The smallest absolute Gasteiger partial charge is 0.103 e. The molecule has 0 heterocycles. The van der Waals surface area contributed by atoms with Crippen LogP contribution in [0.1, 0.15) is 44.4 Å². The van der Waals surface area contributed by atoms with Crippen molar-refractivity contribution in [2.45, 2.75) is 39.7 Å². The summed E-state index contributed by atoms with van der Waals surface area (Å²) in [4.78, 5) is 0. The summed E-state index contributed by atoms with van der Waals surface area (Å²) in [5, 5.41) is 11.0. The van der Waals surface area contributed by atoms with Gasteiger partial charge in [0.25, 0.3) is 0 Å². The van der Waals surface area contributed by atoms with Gasteiger partial charge in [-0.2, -0.15) is 0 Å². The number of allylic oxidation sites excluding steroid dienone is 1. The van der Waals surface area contributed by atoms with Crippen molar-refractivity contribution in [2.75, 3.05) is 0 Å². The molecule has 0 radical (unpaired) electrons. The van der Waals surface area contributed by atoms with E-state index in [1.165, 1.54) is 22.3 Å². The van der Waals surface area contributed by atoms with Crippen LogP contribution < -0.4 is 0 Å². The SMILES string of the molecule is CC1=C(C)C(C)(C)C2(O)Cc3ccc2c1c3. The number of hydrogen-bond acceptors (Lipinski definition) is 1. The molecule has 0 saturated heterocycles. The van der Waals surface area contributed by atoms with Crippen LogP contribution in [0.4, 0.5) is 0 Å². The molecule has 0 amide bonds. The fourth-order valence-corrected chi connectivity index (χ4v) is 3.30. The molecule has 1 atom stereocenters. The molecule has 4 rings (SSSR count). The van der Waals surface area contributed by atoms with Gasteiger partial charge in [-0.1, -0.05) is 37.6 Å². The predicted molar refractivity (Wildman–Crippen MR) is 66.1 cm³/mol. The Morgan fingerprint density at radius 2 is 1.88 bits per heavy atom.